The molecule has 3 rings (SSSR count). The van der Waals surface area contributed by atoms with Crippen LogP contribution in [0, 0.1) is 13.8 Å². The lowest BCUT2D eigenvalue weighted by atomic mass is 10.2. The Balaban J connectivity index is 1.71. The molecule has 0 spiro atoms. The molecule has 1 aliphatic heterocycles. The average molecular weight is 340 g/mol. The van der Waals surface area contributed by atoms with Crippen LogP contribution >= 0.6 is 0 Å². The van der Waals surface area contributed by atoms with Gasteiger partial charge in [0.2, 0.25) is 0 Å². The number of aryl methyl sites for hydroxylation is 2. The number of rotatable bonds is 4. The van der Waals surface area contributed by atoms with Crippen molar-refractivity contribution in [1.29, 1.82) is 0 Å². The van der Waals surface area contributed by atoms with Gasteiger partial charge in [0.05, 0.1) is 11.8 Å². The largest absolute Gasteiger partial charge is 0.369 e. The highest BCUT2D eigenvalue weighted by Gasteiger charge is 2.23. The molecule has 0 radical (unpaired) electrons. The van der Waals surface area contributed by atoms with Gasteiger partial charge in [-0.1, -0.05) is 25.1 Å². The summed E-state index contributed by atoms with van der Waals surface area (Å²) in [7, 11) is 0. The van der Waals surface area contributed by atoms with Gasteiger partial charge >= 0.3 is 0 Å². The maximum Gasteiger partial charge on any atom is 0.257 e. The van der Waals surface area contributed by atoms with Crippen LogP contribution in [0.25, 0.3) is 0 Å². The SMILES string of the molecule is CCCn1ncc(C(=O)N2CCCN(c3ccccc3C)CC2)c1C. The van der Waals surface area contributed by atoms with E-state index in [2.05, 4.69) is 48.1 Å². The highest BCUT2D eigenvalue weighted by Crippen LogP contribution is 2.21. The van der Waals surface area contributed by atoms with E-state index in [-0.39, 0.29) is 5.91 Å². The van der Waals surface area contributed by atoms with Crippen LogP contribution in [-0.2, 0) is 6.54 Å². The molecule has 134 valence electrons. The third-order valence-electron chi connectivity index (χ3n) is 5.01. The minimum Gasteiger partial charge on any atom is -0.369 e. The van der Waals surface area contributed by atoms with Gasteiger partial charge in [-0.05, 0) is 38.3 Å². The van der Waals surface area contributed by atoms with Gasteiger partial charge < -0.3 is 9.80 Å². The van der Waals surface area contributed by atoms with Gasteiger partial charge in [0.15, 0.2) is 0 Å². The molecule has 25 heavy (non-hydrogen) atoms. The fourth-order valence-electron chi connectivity index (χ4n) is 3.54. The first-order valence-corrected chi connectivity index (χ1v) is 9.24. The van der Waals surface area contributed by atoms with Gasteiger partial charge in [-0.3, -0.25) is 9.48 Å². The molecule has 1 aliphatic rings. The lowest BCUT2D eigenvalue weighted by molar-refractivity contribution is 0.0766. The molecule has 2 aromatic rings. The van der Waals surface area contributed by atoms with Crippen LogP contribution in [-0.4, -0.2) is 46.8 Å². The summed E-state index contributed by atoms with van der Waals surface area (Å²) in [6.45, 7) is 10.5. The third kappa shape index (κ3) is 3.70. The molecule has 0 unspecified atom stereocenters. The number of benzene rings is 1. The van der Waals surface area contributed by atoms with Crippen LogP contribution < -0.4 is 4.90 Å². The molecule has 2 heterocycles. The first kappa shape index (κ1) is 17.5. The summed E-state index contributed by atoms with van der Waals surface area (Å²) in [5.41, 5.74) is 4.30. The summed E-state index contributed by atoms with van der Waals surface area (Å²) < 4.78 is 1.94. The van der Waals surface area contributed by atoms with E-state index in [0.29, 0.717) is 0 Å². The van der Waals surface area contributed by atoms with E-state index in [4.69, 9.17) is 0 Å². The Bertz CT molecular complexity index is 737. The number of hydrogen-bond donors (Lipinski definition) is 0. The van der Waals surface area contributed by atoms with Crippen LogP contribution in [0.15, 0.2) is 30.5 Å². The number of amides is 1. The van der Waals surface area contributed by atoms with E-state index in [1.807, 2.05) is 16.5 Å². The second-order valence-electron chi connectivity index (χ2n) is 6.79. The topological polar surface area (TPSA) is 41.4 Å². The first-order chi connectivity index (χ1) is 12.1. The van der Waals surface area contributed by atoms with Crippen molar-refractivity contribution in [2.45, 2.75) is 40.2 Å². The van der Waals surface area contributed by atoms with Gasteiger partial charge in [-0.25, -0.2) is 0 Å². The molecule has 1 amide bonds. The van der Waals surface area contributed by atoms with Crippen molar-refractivity contribution in [1.82, 2.24) is 14.7 Å². The van der Waals surface area contributed by atoms with Crippen molar-refractivity contribution in [2.75, 3.05) is 31.1 Å². The van der Waals surface area contributed by atoms with Crippen molar-refractivity contribution >= 4 is 11.6 Å². The van der Waals surface area contributed by atoms with Crippen molar-refractivity contribution in [2.24, 2.45) is 0 Å². The number of carbonyl (C=O) groups excluding carboxylic acids is 1. The Morgan fingerprint density at radius 2 is 1.92 bits per heavy atom. The number of hydrogen-bond acceptors (Lipinski definition) is 3. The molecular formula is C20H28N4O. The average Bonchev–Trinajstić information content (AvgIpc) is 2.83. The Hall–Kier alpha value is -2.30. The molecular weight excluding hydrogens is 312 g/mol. The third-order valence-corrected chi connectivity index (χ3v) is 5.01. The zero-order valence-corrected chi connectivity index (χ0v) is 15.5. The monoisotopic (exact) mass is 340 g/mol. The molecule has 5 nitrogen and oxygen atoms in total. The van der Waals surface area contributed by atoms with E-state index in [9.17, 15) is 4.79 Å². The normalized spacial score (nSPS) is 15.3. The standard InChI is InChI=1S/C20H28N4O/c1-4-10-24-17(3)18(15-21-24)20(25)23-12-7-11-22(13-14-23)19-9-6-5-8-16(19)2/h5-6,8-9,15H,4,7,10-14H2,1-3H3. The quantitative estimate of drug-likeness (QED) is 0.858. The molecule has 5 heteroatoms. The lowest BCUT2D eigenvalue weighted by Crippen LogP contribution is -2.35. The number of carbonyl (C=O) groups is 1. The molecule has 1 saturated heterocycles. The summed E-state index contributed by atoms with van der Waals surface area (Å²) >= 11 is 0. The summed E-state index contributed by atoms with van der Waals surface area (Å²) in [5.74, 6) is 0.117. The van der Waals surface area contributed by atoms with Crippen LogP contribution in [0.3, 0.4) is 0 Å². The molecule has 1 aromatic heterocycles. The van der Waals surface area contributed by atoms with Gasteiger partial charge in [-0.15, -0.1) is 0 Å². The fraction of sp³-hybridized carbons (Fsp3) is 0.500. The lowest BCUT2D eigenvalue weighted by Gasteiger charge is -2.25. The highest BCUT2D eigenvalue weighted by atomic mass is 16.2. The molecule has 0 N–H and O–H groups in total. The fourth-order valence-corrected chi connectivity index (χ4v) is 3.54. The second-order valence-corrected chi connectivity index (χ2v) is 6.79. The van der Waals surface area contributed by atoms with Crippen molar-refractivity contribution in [3.05, 3.63) is 47.3 Å². The summed E-state index contributed by atoms with van der Waals surface area (Å²) in [4.78, 5) is 17.3. The van der Waals surface area contributed by atoms with E-state index >= 15 is 0 Å². The molecule has 1 aromatic carbocycles. The minimum absolute atomic E-state index is 0.117. The summed E-state index contributed by atoms with van der Waals surface area (Å²) in [5, 5.41) is 4.38. The number of nitrogens with zero attached hydrogens (tertiary/aromatic N) is 4. The Morgan fingerprint density at radius 1 is 1.12 bits per heavy atom. The van der Waals surface area contributed by atoms with Crippen molar-refractivity contribution in [3.8, 4) is 0 Å². The molecule has 0 saturated carbocycles. The maximum atomic E-state index is 13.0. The Labute approximate surface area is 150 Å². The predicted octanol–water partition coefficient (Wildman–Crippen LogP) is 3.26. The summed E-state index contributed by atoms with van der Waals surface area (Å²) in [6.07, 6.45) is 3.74. The van der Waals surface area contributed by atoms with E-state index < -0.39 is 0 Å². The number of aromatic nitrogens is 2. The molecule has 0 aliphatic carbocycles. The van der Waals surface area contributed by atoms with E-state index in [0.717, 1.165) is 56.8 Å². The summed E-state index contributed by atoms with van der Waals surface area (Å²) in [6, 6.07) is 8.48. The van der Waals surface area contributed by atoms with Gasteiger partial charge in [0, 0.05) is 44.1 Å². The smallest absolute Gasteiger partial charge is 0.257 e. The van der Waals surface area contributed by atoms with Crippen LogP contribution in [0.1, 0.15) is 41.4 Å². The molecule has 1 fully saturated rings. The molecule has 0 atom stereocenters. The van der Waals surface area contributed by atoms with Gasteiger partial charge in [0.25, 0.3) is 5.91 Å². The van der Waals surface area contributed by atoms with Gasteiger partial charge in [0.1, 0.15) is 0 Å². The predicted molar refractivity (Wildman–Crippen MR) is 101 cm³/mol. The van der Waals surface area contributed by atoms with Crippen molar-refractivity contribution in [3.63, 3.8) is 0 Å². The van der Waals surface area contributed by atoms with Crippen LogP contribution in [0.5, 0.6) is 0 Å². The molecule has 0 bridgehead atoms. The van der Waals surface area contributed by atoms with Crippen LogP contribution in [0.2, 0.25) is 0 Å². The zero-order chi connectivity index (χ0) is 17.8. The Morgan fingerprint density at radius 3 is 2.68 bits per heavy atom. The van der Waals surface area contributed by atoms with E-state index in [1.165, 1.54) is 11.3 Å². The van der Waals surface area contributed by atoms with Crippen LogP contribution in [0.4, 0.5) is 5.69 Å². The second kappa shape index (κ2) is 7.72. The maximum absolute atomic E-state index is 13.0. The van der Waals surface area contributed by atoms with Crippen molar-refractivity contribution < 1.29 is 4.79 Å². The number of anilines is 1. The minimum atomic E-state index is 0.117. The zero-order valence-electron chi connectivity index (χ0n) is 15.5. The Kier molecular flexibility index (Phi) is 5.41. The van der Waals surface area contributed by atoms with Gasteiger partial charge in [-0.2, -0.15) is 5.10 Å². The van der Waals surface area contributed by atoms with E-state index in [1.54, 1.807) is 6.20 Å². The number of para-hydroxylation sites is 1. The highest BCUT2D eigenvalue weighted by molar-refractivity contribution is 5.95. The first-order valence-electron chi connectivity index (χ1n) is 9.24.